The van der Waals surface area contributed by atoms with Gasteiger partial charge in [0.25, 0.3) is 0 Å². The topological polar surface area (TPSA) is 32.3 Å². The number of nitrogens with zero attached hydrogens (tertiary/aromatic N) is 1. The Balaban J connectivity index is 2.13. The van der Waals surface area contributed by atoms with Crippen LogP contribution in [0.25, 0.3) is 0 Å². The second-order valence-electron chi connectivity index (χ2n) is 4.72. The Labute approximate surface area is 114 Å². The molecule has 3 nitrogen and oxygen atoms in total. The quantitative estimate of drug-likeness (QED) is 0.820. The summed E-state index contributed by atoms with van der Waals surface area (Å²) in [6, 6.07) is 6.29. The number of hydrogen-bond acceptors (Lipinski definition) is 3. The van der Waals surface area contributed by atoms with Gasteiger partial charge in [0.2, 0.25) is 5.91 Å². The summed E-state index contributed by atoms with van der Waals surface area (Å²) in [5, 5.41) is 2.96. The van der Waals surface area contributed by atoms with Gasteiger partial charge in [-0.25, -0.2) is 0 Å². The number of hydrogen-bond donors (Lipinski definition) is 2. The minimum atomic E-state index is 0.0340. The molecule has 0 bridgehead atoms. The molecule has 1 saturated heterocycles. The van der Waals surface area contributed by atoms with E-state index in [0.29, 0.717) is 12.2 Å². The van der Waals surface area contributed by atoms with Crippen molar-refractivity contribution < 1.29 is 4.79 Å². The van der Waals surface area contributed by atoms with Crippen LogP contribution < -0.4 is 10.2 Å². The maximum Gasteiger partial charge on any atom is 0.225 e. The van der Waals surface area contributed by atoms with Crippen molar-refractivity contribution in [2.24, 2.45) is 0 Å². The van der Waals surface area contributed by atoms with E-state index in [1.54, 1.807) is 0 Å². The van der Waals surface area contributed by atoms with Gasteiger partial charge in [-0.15, -0.1) is 0 Å². The van der Waals surface area contributed by atoms with E-state index < -0.39 is 0 Å². The minimum absolute atomic E-state index is 0.0340. The zero-order chi connectivity index (χ0) is 13.0. The lowest BCUT2D eigenvalue weighted by atomic mass is 10.1. The first-order valence-corrected chi connectivity index (χ1v) is 7.10. The second-order valence-corrected chi connectivity index (χ2v) is 5.16. The van der Waals surface area contributed by atoms with Crippen molar-refractivity contribution in [2.45, 2.75) is 26.2 Å². The molecule has 1 fully saturated rings. The van der Waals surface area contributed by atoms with Crippen molar-refractivity contribution in [3.63, 3.8) is 0 Å². The highest BCUT2D eigenvalue weighted by atomic mass is 32.1. The van der Waals surface area contributed by atoms with Crippen LogP contribution in [0.1, 0.15) is 24.8 Å². The fourth-order valence-corrected chi connectivity index (χ4v) is 2.43. The predicted molar refractivity (Wildman–Crippen MR) is 79.7 cm³/mol. The van der Waals surface area contributed by atoms with Crippen molar-refractivity contribution in [1.29, 1.82) is 0 Å². The highest BCUT2D eigenvalue weighted by Gasteiger charge is 2.13. The van der Waals surface area contributed by atoms with Crippen LogP contribution in [0.3, 0.4) is 0 Å². The summed E-state index contributed by atoms with van der Waals surface area (Å²) in [6.45, 7) is 4.25. The fraction of sp³-hybridized carbons (Fsp3) is 0.500. The average molecular weight is 264 g/mol. The molecule has 0 saturated carbocycles. The largest absolute Gasteiger partial charge is 0.371 e. The van der Waals surface area contributed by atoms with Gasteiger partial charge in [-0.05, 0) is 43.2 Å². The van der Waals surface area contributed by atoms with Crippen LogP contribution >= 0.6 is 12.6 Å². The van der Waals surface area contributed by atoms with Gasteiger partial charge in [0.15, 0.2) is 0 Å². The third kappa shape index (κ3) is 3.19. The van der Waals surface area contributed by atoms with Gasteiger partial charge >= 0.3 is 0 Å². The first-order valence-electron chi connectivity index (χ1n) is 6.47. The van der Waals surface area contributed by atoms with Crippen molar-refractivity contribution in [1.82, 2.24) is 0 Å². The van der Waals surface area contributed by atoms with Crippen molar-refractivity contribution in [2.75, 3.05) is 29.1 Å². The van der Waals surface area contributed by atoms with E-state index >= 15 is 0 Å². The van der Waals surface area contributed by atoms with Crippen molar-refractivity contribution >= 4 is 29.9 Å². The van der Waals surface area contributed by atoms with E-state index in [1.807, 2.05) is 6.92 Å². The smallest absolute Gasteiger partial charge is 0.225 e. The molecule has 0 aromatic heterocycles. The summed E-state index contributed by atoms with van der Waals surface area (Å²) in [4.78, 5) is 14.0. The van der Waals surface area contributed by atoms with Crippen LogP contribution in [0.5, 0.6) is 0 Å². The zero-order valence-electron chi connectivity index (χ0n) is 10.8. The van der Waals surface area contributed by atoms with Gasteiger partial charge in [-0.3, -0.25) is 4.79 Å². The van der Waals surface area contributed by atoms with Crippen molar-refractivity contribution in [3.8, 4) is 0 Å². The summed E-state index contributed by atoms with van der Waals surface area (Å²) in [5.74, 6) is 0.614. The van der Waals surface area contributed by atoms with Gasteiger partial charge in [0.1, 0.15) is 0 Å². The Bertz CT molecular complexity index is 428. The monoisotopic (exact) mass is 264 g/mol. The Kier molecular flexibility index (Phi) is 4.53. The Morgan fingerprint density at radius 1 is 1.39 bits per heavy atom. The molecule has 1 aliphatic rings. The third-order valence-corrected chi connectivity index (χ3v) is 3.53. The van der Waals surface area contributed by atoms with Gasteiger partial charge in [0.05, 0.1) is 0 Å². The minimum Gasteiger partial charge on any atom is -0.371 e. The normalized spacial score (nSPS) is 14.9. The second kappa shape index (κ2) is 6.14. The molecule has 0 aliphatic carbocycles. The molecule has 1 aromatic carbocycles. The molecule has 1 N–H and O–H groups in total. The van der Waals surface area contributed by atoms with E-state index in [0.717, 1.165) is 24.3 Å². The molecule has 2 rings (SSSR count). The number of aryl methyl sites for hydroxylation is 1. The maximum absolute atomic E-state index is 11.6. The van der Waals surface area contributed by atoms with Crippen LogP contribution in [0, 0.1) is 6.92 Å². The molecule has 1 aliphatic heterocycles. The van der Waals surface area contributed by atoms with E-state index in [1.165, 1.54) is 18.5 Å². The van der Waals surface area contributed by atoms with Crippen LogP contribution in [0.2, 0.25) is 0 Å². The van der Waals surface area contributed by atoms with Crippen LogP contribution in [-0.2, 0) is 4.79 Å². The first kappa shape index (κ1) is 13.3. The predicted octanol–water partition coefficient (Wildman–Crippen LogP) is 2.85. The number of anilines is 2. The number of carbonyl (C=O) groups is 1. The highest BCUT2D eigenvalue weighted by molar-refractivity contribution is 7.80. The molecule has 0 radical (unpaired) electrons. The number of nitrogens with one attached hydrogen (secondary N) is 1. The molecule has 1 heterocycles. The van der Waals surface area contributed by atoms with E-state index in [9.17, 15) is 4.79 Å². The van der Waals surface area contributed by atoms with Crippen LogP contribution in [0.4, 0.5) is 11.4 Å². The summed E-state index contributed by atoms with van der Waals surface area (Å²) in [5.41, 5.74) is 3.23. The molecule has 0 unspecified atom stereocenters. The molecular formula is C14H20N2OS. The highest BCUT2D eigenvalue weighted by Crippen LogP contribution is 2.26. The fourth-order valence-electron chi connectivity index (χ4n) is 2.23. The number of thiol groups is 1. The molecule has 1 aromatic rings. The SMILES string of the molecule is Cc1ccc(N2CCCC2)cc1NC(=O)CCS. The maximum atomic E-state index is 11.6. The van der Waals surface area contributed by atoms with Crippen LogP contribution in [-0.4, -0.2) is 24.7 Å². The zero-order valence-corrected chi connectivity index (χ0v) is 11.7. The van der Waals surface area contributed by atoms with Crippen LogP contribution in [0.15, 0.2) is 18.2 Å². The van der Waals surface area contributed by atoms with Gasteiger partial charge < -0.3 is 10.2 Å². The number of carbonyl (C=O) groups excluding carboxylic acids is 1. The van der Waals surface area contributed by atoms with E-state index in [-0.39, 0.29) is 5.91 Å². The third-order valence-electron chi connectivity index (χ3n) is 3.31. The van der Waals surface area contributed by atoms with Crippen molar-refractivity contribution in [3.05, 3.63) is 23.8 Å². The summed E-state index contributed by atoms with van der Waals surface area (Å²) in [7, 11) is 0. The lowest BCUT2D eigenvalue weighted by Gasteiger charge is -2.19. The lowest BCUT2D eigenvalue weighted by molar-refractivity contribution is -0.115. The van der Waals surface area contributed by atoms with Gasteiger partial charge in [0, 0.05) is 30.9 Å². The Morgan fingerprint density at radius 2 is 2.11 bits per heavy atom. The number of amides is 1. The molecule has 98 valence electrons. The van der Waals surface area contributed by atoms with E-state index in [4.69, 9.17) is 0 Å². The number of benzene rings is 1. The molecular weight excluding hydrogens is 244 g/mol. The number of rotatable bonds is 4. The summed E-state index contributed by atoms with van der Waals surface area (Å²) < 4.78 is 0. The molecule has 0 atom stereocenters. The summed E-state index contributed by atoms with van der Waals surface area (Å²) >= 11 is 4.07. The first-order chi connectivity index (χ1) is 8.70. The Morgan fingerprint density at radius 3 is 2.78 bits per heavy atom. The molecule has 18 heavy (non-hydrogen) atoms. The van der Waals surface area contributed by atoms with Gasteiger partial charge in [-0.1, -0.05) is 6.07 Å². The average Bonchev–Trinajstić information content (AvgIpc) is 2.86. The Hall–Kier alpha value is -1.16. The molecule has 4 heteroatoms. The summed E-state index contributed by atoms with van der Waals surface area (Å²) in [6.07, 6.45) is 2.97. The lowest BCUT2D eigenvalue weighted by Crippen LogP contribution is -2.18. The standard InChI is InChI=1S/C14H20N2OS/c1-11-4-5-12(16-7-2-3-8-16)10-13(11)15-14(17)6-9-18/h4-5,10,18H,2-3,6-9H2,1H3,(H,15,17). The molecule has 1 amide bonds. The molecule has 0 spiro atoms. The van der Waals surface area contributed by atoms with Gasteiger partial charge in [-0.2, -0.15) is 12.6 Å². The van der Waals surface area contributed by atoms with E-state index in [2.05, 4.69) is 41.0 Å².